The molecular weight excluding hydrogens is 459 g/mol. The van der Waals surface area contributed by atoms with E-state index in [0.29, 0.717) is 6.42 Å². The first-order valence-corrected chi connectivity index (χ1v) is 12.6. The zero-order valence-corrected chi connectivity index (χ0v) is 18.4. The predicted molar refractivity (Wildman–Crippen MR) is 113 cm³/mol. The molecular formula is C18H18Cl2N2O5S2. The van der Waals surface area contributed by atoms with Crippen LogP contribution in [-0.2, 0) is 19.9 Å². The van der Waals surface area contributed by atoms with Crippen molar-refractivity contribution >= 4 is 54.7 Å². The molecule has 0 bridgehead atoms. The Morgan fingerprint density at radius 2 is 1.86 bits per heavy atom. The minimum Gasteiger partial charge on any atom is -0.338 e. The number of sulfone groups is 1. The van der Waals surface area contributed by atoms with Gasteiger partial charge in [0.25, 0.3) is 15.9 Å². The van der Waals surface area contributed by atoms with Crippen molar-refractivity contribution in [2.75, 3.05) is 23.3 Å². The zero-order chi connectivity index (χ0) is 21.4. The van der Waals surface area contributed by atoms with Gasteiger partial charge in [-0.15, -0.1) is 0 Å². The molecule has 2 aromatic rings. The summed E-state index contributed by atoms with van der Waals surface area (Å²) >= 11 is 11.7. The van der Waals surface area contributed by atoms with Crippen molar-refractivity contribution in [3.05, 3.63) is 58.1 Å². The maximum absolute atomic E-state index is 12.7. The Labute approximate surface area is 179 Å². The van der Waals surface area contributed by atoms with E-state index in [2.05, 4.69) is 4.72 Å². The van der Waals surface area contributed by atoms with Gasteiger partial charge in [0, 0.05) is 24.3 Å². The highest BCUT2D eigenvalue weighted by molar-refractivity contribution is 7.92. The lowest BCUT2D eigenvalue weighted by Gasteiger charge is -2.23. The molecule has 0 spiro atoms. The lowest BCUT2D eigenvalue weighted by Crippen LogP contribution is -2.37. The lowest BCUT2D eigenvalue weighted by molar-refractivity contribution is 0.0747. The first kappa shape index (κ1) is 21.9. The Balaban J connectivity index is 1.80. The van der Waals surface area contributed by atoms with Crippen molar-refractivity contribution in [3.8, 4) is 0 Å². The van der Waals surface area contributed by atoms with E-state index in [-0.39, 0.29) is 43.6 Å². The van der Waals surface area contributed by atoms with Crippen LogP contribution in [0.25, 0.3) is 0 Å². The smallest absolute Gasteiger partial charge is 0.261 e. The molecule has 11 heteroatoms. The number of carbonyl (C=O) groups excluding carboxylic acids is 1. The summed E-state index contributed by atoms with van der Waals surface area (Å²) in [5, 5.41) is 0.335. The molecule has 29 heavy (non-hydrogen) atoms. The number of nitrogens with zero attached hydrogens (tertiary/aromatic N) is 1. The van der Waals surface area contributed by atoms with E-state index in [9.17, 15) is 21.6 Å². The van der Waals surface area contributed by atoms with Crippen LogP contribution in [-0.4, -0.2) is 52.2 Å². The highest BCUT2D eigenvalue weighted by Gasteiger charge is 2.33. The lowest BCUT2D eigenvalue weighted by atomic mass is 10.1. The van der Waals surface area contributed by atoms with Crippen molar-refractivity contribution in [1.82, 2.24) is 4.90 Å². The second-order valence-electron chi connectivity index (χ2n) is 6.74. The van der Waals surface area contributed by atoms with E-state index in [0.717, 1.165) is 0 Å². The minimum atomic E-state index is -3.94. The van der Waals surface area contributed by atoms with E-state index in [1.807, 2.05) is 0 Å². The molecule has 0 aliphatic carbocycles. The largest absolute Gasteiger partial charge is 0.338 e. The fraction of sp³-hybridized carbons (Fsp3) is 0.278. The predicted octanol–water partition coefficient (Wildman–Crippen LogP) is 3.05. The summed E-state index contributed by atoms with van der Waals surface area (Å²) in [5.74, 6) is -0.403. The van der Waals surface area contributed by atoms with Gasteiger partial charge in [-0.3, -0.25) is 9.52 Å². The molecule has 1 saturated heterocycles. The molecule has 1 N–H and O–H groups in total. The molecule has 7 nitrogen and oxygen atoms in total. The number of sulfonamides is 1. The van der Waals surface area contributed by atoms with Gasteiger partial charge in [-0.1, -0.05) is 29.3 Å². The number of rotatable bonds is 5. The van der Waals surface area contributed by atoms with Gasteiger partial charge in [0.2, 0.25) is 0 Å². The Bertz CT molecular complexity index is 1170. The molecule has 0 radical (unpaired) electrons. The number of benzene rings is 2. The highest BCUT2D eigenvalue weighted by atomic mass is 35.5. The van der Waals surface area contributed by atoms with Crippen LogP contribution in [0.1, 0.15) is 16.8 Å². The molecule has 1 aliphatic heterocycles. The molecule has 1 fully saturated rings. The normalized spacial score (nSPS) is 18.4. The molecule has 1 heterocycles. The van der Waals surface area contributed by atoms with Gasteiger partial charge in [-0.25, -0.2) is 16.8 Å². The van der Waals surface area contributed by atoms with Crippen molar-refractivity contribution in [1.29, 1.82) is 0 Å². The first-order valence-electron chi connectivity index (χ1n) is 8.54. The van der Waals surface area contributed by atoms with Crippen LogP contribution in [0, 0.1) is 0 Å². The number of anilines is 1. The van der Waals surface area contributed by atoms with E-state index in [1.54, 1.807) is 19.2 Å². The molecule has 1 unspecified atom stereocenters. The third kappa shape index (κ3) is 5.03. The van der Waals surface area contributed by atoms with Crippen LogP contribution in [0.2, 0.25) is 10.0 Å². The fourth-order valence-electron chi connectivity index (χ4n) is 3.02. The third-order valence-corrected chi connectivity index (χ3v) is 8.51. The van der Waals surface area contributed by atoms with Gasteiger partial charge < -0.3 is 4.90 Å². The minimum absolute atomic E-state index is 0.0543. The molecule has 3 rings (SSSR count). The number of nitrogens with one attached hydrogen (secondary N) is 1. The number of hydrogen-bond acceptors (Lipinski definition) is 5. The zero-order valence-electron chi connectivity index (χ0n) is 15.3. The van der Waals surface area contributed by atoms with Gasteiger partial charge in [0.15, 0.2) is 9.84 Å². The van der Waals surface area contributed by atoms with Crippen molar-refractivity contribution in [3.63, 3.8) is 0 Å². The molecule has 1 aliphatic rings. The van der Waals surface area contributed by atoms with Crippen molar-refractivity contribution in [2.45, 2.75) is 17.4 Å². The number of amides is 1. The summed E-state index contributed by atoms with van der Waals surface area (Å²) in [5.41, 5.74) is 0.431. The number of halogens is 2. The maximum Gasteiger partial charge on any atom is 0.261 e. The average Bonchev–Trinajstić information content (AvgIpc) is 3.02. The Morgan fingerprint density at radius 3 is 2.48 bits per heavy atom. The van der Waals surface area contributed by atoms with E-state index >= 15 is 0 Å². The second kappa shape index (κ2) is 8.14. The summed E-state index contributed by atoms with van der Waals surface area (Å²) in [7, 11) is -5.53. The van der Waals surface area contributed by atoms with Crippen LogP contribution in [0.3, 0.4) is 0 Å². The quantitative estimate of drug-likeness (QED) is 0.714. The summed E-state index contributed by atoms with van der Waals surface area (Å²) in [6.07, 6.45) is 0.383. The van der Waals surface area contributed by atoms with Crippen molar-refractivity contribution < 1.29 is 21.6 Å². The number of carbonyl (C=O) groups is 1. The molecule has 1 amide bonds. The Kier molecular flexibility index (Phi) is 6.14. The summed E-state index contributed by atoms with van der Waals surface area (Å²) < 4.78 is 50.9. The van der Waals surface area contributed by atoms with Crippen LogP contribution in [0.15, 0.2) is 47.4 Å². The van der Waals surface area contributed by atoms with Gasteiger partial charge in [0.1, 0.15) is 0 Å². The fourth-order valence-corrected chi connectivity index (χ4v) is 6.24. The first-order chi connectivity index (χ1) is 13.5. The molecule has 0 saturated carbocycles. The van der Waals surface area contributed by atoms with Crippen molar-refractivity contribution in [2.24, 2.45) is 0 Å². The Hall–Kier alpha value is -1.81. The summed E-state index contributed by atoms with van der Waals surface area (Å²) in [6.45, 7) is 0. The van der Waals surface area contributed by atoms with Gasteiger partial charge in [0.05, 0.1) is 26.4 Å². The van der Waals surface area contributed by atoms with Gasteiger partial charge >= 0.3 is 0 Å². The topological polar surface area (TPSA) is 101 Å². The summed E-state index contributed by atoms with van der Waals surface area (Å²) in [4.78, 5) is 14.0. The third-order valence-electron chi connectivity index (χ3n) is 4.64. The van der Waals surface area contributed by atoms with Crippen LogP contribution >= 0.6 is 23.2 Å². The van der Waals surface area contributed by atoms with Gasteiger partial charge in [-0.05, 0) is 42.8 Å². The summed E-state index contributed by atoms with van der Waals surface area (Å²) in [6, 6.07) is 9.52. The highest BCUT2D eigenvalue weighted by Crippen LogP contribution is 2.26. The Morgan fingerprint density at radius 1 is 1.14 bits per heavy atom. The standard InChI is InChI=1S/C18H18Cl2N2O5S2/c1-22(14-7-8-28(24,25)11-14)18(23)12-3-2-4-13(9-12)21-29(26,27)15-5-6-16(19)17(20)10-15/h2-6,9-10,14,21H,7-8,11H2,1H3. The van der Waals surface area contributed by atoms with Crippen LogP contribution in [0.4, 0.5) is 5.69 Å². The molecule has 2 aromatic carbocycles. The van der Waals surface area contributed by atoms with E-state index in [1.165, 1.54) is 35.2 Å². The second-order valence-corrected chi connectivity index (χ2v) is 11.5. The monoisotopic (exact) mass is 476 g/mol. The number of hydrogen-bond donors (Lipinski definition) is 1. The molecule has 0 aromatic heterocycles. The molecule has 156 valence electrons. The van der Waals surface area contributed by atoms with E-state index in [4.69, 9.17) is 23.2 Å². The van der Waals surface area contributed by atoms with Crippen LogP contribution < -0.4 is 4.72 Å². The maximum atomic E-state index is 12.7. The average molecular weight is 477 g/mol. The van der Waals surface area contributed by atoms with Gasteiger partial charge in [-0.2, -0.15) is 0 Å². The van der Waals surface area contributed by atoms with E-state index < -0.39 is 25.9 Å². The molecule has 1 atom stereocenters. The van der Waals surface area contributed by atoms with Crippen LogP contribution in [0.5, 0.6) is 0 Å². The SMILES string of the molecule is CN(C(=O)c1cccc(NS(=O)(=O)c2ccc(Cl)c(Cl)c2)c1)C1CCS(=O)(=O)C1.